The summed E-state index contributed by atoms with van der Waals surface area (Å²) in [5.41, 5.74) is 7.08. The number of hydrazone groups is 1. The van der Waals surface area contributed by atoms with Crippen LogP contribution in [0.4, 0.5) is 5.82 Å². The lowest BCUT2D eigenvalue weighted by molar-refractivity contribution is 1.02. The number of anilines is 1. The van der Waals surface area contributed by atoms with Gasteiger partial charge in [0.1, 0.15) is 0 Å². The number of halogens is 1. The molecule has 0 aliphatic rings. The first-order chi connectivity index (χ1) is 12.3. The van der Waals surface area contributed by atoms with Crippen molar-refractivity contribution in [2.24, 2.45) is 5.10 Å². The van der Waals surface area contributed by atoms with Crippen LogP contribution < -0.4 is 5.43 Å². The molecule has 0 unspecified atom stereocenters. The van der Waals surface area contributed by atoms with Gasteiger partial charge in [0.2, 0.25) is 0 Å². The second-order valence-corrected chi connectivity index (χ2v) is 5.82. The third-order valence-corrected chi connectivity index (χ3v) is 4.02. The zero-order valence-electron chi connectivity index (χ0n) is 13.1. The number of hydrogen-bond acceptors (Lipinski definition) is 4. The van der Waals surface area contributed by atoms with E-state index >= 15 is 0 Å². The number of fused-ring (bicyclic) bond motifs is 1. The van der Waals surface area contributed by atoms with Gasteiger partial charge in [0.05, 0.1) is 11.9 Å². The molecule has 0 atom stereocenters. The average molecular weight is 348 g/mol. The molecule has 0 amide bonds. The Labute approximate surface area is 149 Å². The summed E-state index contributed by atoms with van der Waals surface area (Å²) in [6, 6.07) is 21.7. The highest BCUT2D eigenvalue weighted by molar-refractivity contribution is 6.29. The van der Waals surface area contributed by atoms with Gasteiger partial charge < -0.3 is 4.98 Å². The molecule has 122 valence electrons. The van der Waals surface area contributed by atoms with Crippen LogP contribution in [0.2, 0.25) is 5.15 Å². The van der Waals surface area contributed by atoms with Crippen LogP contribution in [0.25, 0.3) is 22.2 Å². The van der Waals surface area contributed by atoms with Crippen molar-refractivity contribution in [3.05, 3.63) is 77.4 Å². The maximum atomic E-state index is 5.74. The smallest absolute Gasteiger partial charge is 0.168 e. The quantitative estimate of drug-likeness (QED) is 0.414. The lowest BCUT2D eigenvalue weighted by Crippen LogP contribution is -1.95. The summed E-state index contributed by atoms with van der Waals surface area (Å²) in [5.74, 6) is 0.529. The molecule has 0 saturated heterocycles. The predicted molar refractivity (Wildman–Crippen MR) is 102 cm³/mol. The van der Waals surface area contributed by atoms with Gasteiger partial charge in [-0.05, 0) is 23.8 Å². The van der Waals surface area contributed by atoms with Gasteiger partial charge in [-0.1, -0.05) is 60.1 Å². The fourth-order valence-corrected chi connectivity index (χ4v) is 2.77. The second kappa shape index (κ2) is 6.75. The Bertz CT molecular complexity index is 1020. The Hall–Kier alpha value is -3.18. The van der Waals surface area contributed by atoms with E-state index in [2.05, 4.69) is 50.0 Å². The number of nitrogens with zero attached hydrogens (tertiary/aromatic N) is 3. The molecule has 0 radical (unpaired) electrons. The number of aromatic nitrogens is 3. The highest BCUT2D eigenvalue weighted by Crippen LogP contribution is 2.28. The van der Waals surface area contributed by atoms with E-state index in [4.69, 9.17) is 11.6 Å². The summed E-state index contributed by atoms with van der Waals surface area (Å²) in [6.45, 7) is 0. The van der Waals surface area contributed by atoms with E-state index in [1.807, 2.05) is 30.3 Å². The summed E-state index contributed by atoms with van der Waals surface area (Å²) >= 11 is 5.74. The molecule has 2 aromatic carbocycles. The largest absolute Gasteiger partial charge is 0.354 e. The lowest BCUT2D eigenvalue weighted by atomic mass is 10.1. The standard InChI is InChI=1S/C19H14ClN5/c20-17-10-11-18(25-23-17)24-21-12-15-14-8-4-5-9-16(14)22-19(15)13-6-2-1-3-7-13/h1-12,22H,(H,24,25). The van der Waals surface area contributed by atoms with Gasteiger partial charge in [0.15, 0.2) is 11.0 Å². The van der Waals surface area contributed by atoms with Crippen molar-refractivity contribution in [1.29, 1.82) is 0 Å². The van der Waals surface area contributed by atoms with Crippen LogP contribution in [0.3, 0.4) is 0 Å². The molecule has 0 aliphatic carbocycles. The Morgan fingerprint density at radius 1 is 0.920 bits per heavy atom. The Balaban J connectivity index is 1.72. The summed E-state index contributed by atoms with van der Waals surface area (Å²) in [6.07, 6.45) is 1.79. The van der Waals surface area contributed by atoms with Crippen molar-refractivity contribution in [2.75, 3.05) is 5.43 Å². The van der Waals surface area contributed by atoms with E-state index in [9.17, 15) is 0 Å². The van der Waals surface area contributed by atoms with Gasteiger partial charge in [-0.3, -0.25) is 5.43 Å². The summed E-state index contributed by atoms with van der Waals surface area (Å²) in [7, 11) is 0. The minimum atomic E-state index is 0.345. The molecule has 25 heavy (non-hydrogen) atoms. The fourth-order valence-electron chi connectivity index (χ4n) is 2.67. The predicted octanol–water partition coefficient (Wildman–Crippen LogP) is 4.72. The number of aromatic amines is 1. The average Bonchev–Trinajstić information content (AvgIpc) is 3.03. The Morgan fingerprint density at radius 3 is 2.52 bits per heavy atom. The molecular formula is C19H14ClN5. The van der Waals surface area contributed by atoms with Crippen LogP contribution in [-0.2, 0) is 0 Å². The minimum Gasteiger partial charge on any atom is -0.354 e. The molecule has 4 aromatic rings. The van der Waals surface area contributed by atoms with Crippen LogP contribution in [0.1, 0.15) is 5.56 Å². The summed E-state index contributed by atoms with van der Waals surface area (Å²) in [4.78, 5) is 3.47. The molecule has 2 heterocycles. The number of rotatable bonds is 4. The molecule has 5 nitrogen and oxygen atoms in total. The molecular weight excluding hydrogens is 334 g/mol. The molecule has 2 aromatic heterocycles. The van der Waals surface area contributed by atoms with Gasteiger partial charge in [-0.15, -0.1) is 10.2 Å². The van der Waals surface area contributed by atoms with Crippen LogP contribution in [-0.4, -0.2) is 21.4 Å². The molecule has 4 rings (SSSR count). The van der Waals surface area contributed by atoms with E-state index in [-0.39, 0.29) is 0 Å². The number of para-hydroxylation sites is 1. The fraction of sp³-hybridized carbons (Fsp3) is 0. The van der Waals surface area contributed by atoms with E-state index in [0.29, 0.717) is 11.0 Å². The maximum Gasteiger partial charge on any atom is 0.168 e. The third-order valence-electron chi connectivity index (χ3n) is 3.81. The summed E-state index contributed by atoms with van der Waals surface area (Å²) in [5, 5.41) is 13.5. The number of H-pyrrole nitrogens is 1. The number of hydrogen-bond donors (Lipinski definition) is 2. The molecule has 0 saturated carbocycles. The SMILES string of the molecule is Clc1ccc(NN=Cc2c(-c3ccccc3)[nH]c3ccccc23)nn1. The van der Waals surface area contributed by atoms with Crippen molar-refractivity contribution >= 4 is 34.5 Å². The van der Waals surface area contributed by atoms with Gasteiger partial charge >= 0.3 is 0 Å². The van der Waals surface area contributed by atoms with Crippen molar-refractivity contribution < 1.29 is 0 Å². The normalized spacial score (nSPS) is 11.2. The van der Waals surface area contributed by atoms with Crippen LogP contribution >= 0.6 is 11.6 Å². The van der Waals surface area contributed by atoms with Crippen molar-refractivity contribution in [1.82, 2.24) is 15.2 Å². The lowest BCUT2D eigenvalue weighted by Gasteiger charge is -2.01. The zero-order chi connectivity index (χ0) is 17.1. The topological polar surface area (TPSA) is 66.0 Å². The number of nitrogens with one attached hydrogen (secondary N) is 2. The van der Waals surface area contributed by atoms with Crippen LogP contribution in [0.5, 0.6) is 0 Å². The molecule has 0 spiro atoms. The van der Waals surface area contributed by atoms with Gasteiger partial charge in [-0.2, -0.15) is 5.10 Å². The number of benzene rings is 2. The van der Waals surface area contributed by atoms with E-state index in [1.54, 1.807) is 18.3 Å². The highest BCUT2D eigenvalue weighted by Gasteiger charge is 2.11. The van der Waals surface area contributed by atoms with Crippen molar-refractivity contribution in [3.63, 3.8) is 0 Å². The molecule has 0 fully saturated rings. The second-order valence-electron chi connectivity index (χ2n) is 5.44. The molecule has 0 bridgehead atoms. The third kappa shape index (κ3) is 3.22. The van der Waals surface area contributed by atoms with Gasteiger partial charge in [-0.25, -0.2) is 0 Å². The first-order valence-corrected chi connectivity index (χ1v) is 8.13. The van der Waals surface area contributed by atoms with E-state index < -0.39 is 0 Å². The van der Waals surface area contributed by atoms with Crippen LogP contribution in [0, 0.1) is 0 Å². The molecule has 2 N–H and O–H groups in total. The minimum absolute atomic E-state index is 0.345. The van der Waals surface area contributed by atoms with Crippen molar-refractivity contribution in [2.45, 2.75) is 0 Å². The first-order valence-electron chi connectivity index (χ1n) is 7.76. The van der Waals surface area contributed by atoms with E-state index in [0.717, 1.165) is 27.7 Å². The van der Waals surface area contributed by atoms with Crippen molar-refractivity contribution in [3.8, 4) is 11.3 Å². The first kappa shape index (κ1) is 15.4. The molecule has 6 heteroatoms. The van der Waals surface area contributed by atoms with Gasteiger partial charge in [0.25, 0.3) is 0 Å². The highest BCUT2D eigenvalue weighted by atomic mass is 35.5. The van der Waals surface area contributed by atoms with E-state index in [1.165, 1.54) is 0 Å². The Kier molecular flexibility index (Phi) is 4.14. The maximum absolute atomic E-state index is 5.74. The molecule has 0 aliphatic heterocycles. The van der Waals surface area contributed by atoms with Gasteiger partial charge in [0, 0.05) is 16.5 Å². The zero-order valence-corrected chi connectivity index (χ0v) is 13.9. The van der Waals surface area contributed by atoms with Crippen LogP contribution in [0.15, 0.2) is 71.8 Å². The monoisotopic (exact) mass is 347 g/mol. The summed E-state index contributed by atoms with van der Waals surface area (Å²) < 4.78 is 0. The Morgan fingerprint density at radius 2 is 1.72 bits per heavy atom.